The highest BCUT2D eigenvalue weighted by Gasteiger charge is 2.22. The Morgan fingerprint density at radius 1 is 1.47 bits per heavy atom. The molecule has 0 aliphatic carbocycles. The minimum absolute atomic E-state index is 0.0465. The van der Waals surface area contributed by atoms with E-state index < -0.39 is 0 Å². The molecule has 1 aliphatic heterocycles. The number of amides is 1. The summed E-state index contributed by atoms with van der Waals surface area (Å²) in [7, 11) is 0. The summed E-state index contributed by atoms with van der Waals surface area (Å²) < 4.78 is 1.76. The summed E-state index contributed by atoms with van der Waals surface area (Å²) >= 11 is 0. The number of aromatic nitrogens is 2. The number of pyridine rings is 1. The van der Waals surface area contributed by atoms with Crippen LogP contribution in [0.1, 0.15) is 28.8 Å². The van der Waals surface area contributed by atoms with Gasteiger partial charge in [0, 0.05) is 25.3 Å². The number of nitrogens with two attached hydrogens (primary N) is 1. The van der Waals surface area contributed by atoms with Crippen molar-refractivity contribution in [2.24, 2.45) is 5.73 Å². The van der Waals surface area contributed by atoms with Crippen LogP contribution in [-0.4, -0.2) is 39.6 Å². The number of piperidine rings is 1. The van der Waals surface area contributed by atoms with Crippen molar-refractivity contribution in [2.75, 3.05) is 13.1 Å². The molecule has 0 spiro atoms. The van der Waals surface area contributed by atoms with Crippen LogP contribution in [0.5, 0.6) is 0 Å². The molecule has 1 unspecified atom stereocenters. The van der Waals surface area contributed by atoms with Crippen molar-refractivity contribution in [3.05, 3.63) is 35.7 Å². The third-order valence-corrected chi connectivity index (χ3v) is 3.70. The van der Waals surface area contributed by atoms with Crippen molar-refractivity contribution in [1.82, 2.24) is 14.5 Å². The van der Waals surface area contributed by atoms with E-state index in [1.165, 1.54) is 0 Å². The van der Waals surface area contributed by atoms with E-state index >= 15 is 0 Å². The van der Waals surface area contributed by atoms with E-state index in [1.807, 2.05) is 24.0 Å². The molecule has 0 aromatic carbocycles. The molecule has 5 heteroatoms. The first-order chi connectivity index (χ1) is 9.15. The smallest absolute Gasteiger partial charge is 0.255 e. The van der Waals surface area contributed by atoms with Gasteiger partial charge in [-0.25, -0.2) is 4.52 Å². The summed E-state index contributed by atoms with van der Waals surface area (Å²) in [5.74, 6) is 0.0465. The van der Waals surface area contributed by atoms with Crippen molar-refractivity contribution in [2.45, 2.75) is 25.8 Å². The zero-order chi connectivity index (χ0) is 13.4. The van der Waals surface area contributed by atoms with E-state index in [4.69, 9.17) is 5.73 Å². The number of likely N-dealkylation sites (tertiary alicyclic amines) is 1. The summed E-state index contributed by atoms with van der Waals surface area (Å²) in [6.07, 6.45) is 5.59. The van der Waals surface area contributed by atoms with Crippen LogP contribution in [0.25, 0.3) is 5.52 Å². The van der Waals surface area contributed by atoms with Gasteiger partial charge in [0.05, 0.1) is 17.3 Å². The van der Waals surface area contributed by atoms with Gasteiger partial charge in [-0.2, -0.15) is 5.10 Å². The SMILES string of the molecule is Cc1cnn2cc(C(=O)N3CCCC(N)C3)ccc12. The van der Waals surface area contributed by atoms with Gasteiger partial charge in [0.25, 0.3) is 5.91 Å². The second-order valence-corrected chi connectivity index (χ2v) is 5.23. The number of carbonyl (C=O) groups excluding carboxylic acids is 1. The number of aryl methyl sites for hydroxylation is 1. The zero-order valence-corrected chi connectivity index (χ0v) is 11.0. The Bertz CT molecular complexity index is 619. The van der Waals surface area contributed by atoms with Crippen LogP contribution in [0.3, 0.4) is 0 Å². The topological polar surface area (TPSA) is 63.6 Å². The highest BCUT2D eigenvalue weighted by Crippen LogP contribution is 2.15. The van der Waals surface area contributed by atoms with E-state index in [-0.39, 0.29) is 11.9 Å². The molecule has 2 aromatic heterocycles. The molecule has 100 valence electrons. The minimum atomic E-state index is 0.0465. The molecule has 0 radical (unpaired) electrons. The molecule has 2 N–H and O–H groups in total. The number of hydrogen-bond donors (Lipinski definition) is 1. The molecule has 1 aliphatic rings. The molecule has 0 bridgehead atoms. The quantitative estimate of drug-likeness (QED) is 0.836. The Labute approximate surface area is 112 Å². The molecular weight excluding hydrogens is 240 g/mol. The van der Waals surface area contributed by atoms with Gasteiger partial charge in [0.2, 0.25) is 0 Å². The van der Waals surface area contributed by atoms with Gasteiger partial charge in [-0.3, -0.25) is 4.79 Å². The van der Waals surface area contributed by atoms with Crippen molar-refractivity contribution in [1.29, 1.82) is 0 Å². The van der Waals surface area contributed by atoms with Crippen molar-refractivity contribution < 1.29 is 4.79 Å². The molecule has 1 fully saturated rings. The van der Waals surface area contributed by atoms with Crippen molar-refractivity contribution in [3.63, 3.8) is 0 Å². The van der Waals surface area contributed by atoms with Crippen molar-refractivity contribution in [3.8, 4) is 0 Å². The monoisotopic (exact) mass is 258 g/mol. The van der Waals surface area contributed by atoms with Crippen LogP contribution < -0.4 is 5.73 Å². The molecule has 3 heterocycles. The summed E-state index contributed by atoms with van der Waals surface area (Å²) in [5, 5.41) is 4.24. The summed E-state index contributed by atoms with van der Waals surface area (Å²) in [6.45, 7) is 3.45. The fraction of sp³-hybridized carbons (Fsp3) is 0.429. The predicted octanol–water partition coefficient (Wildman–Crippen LogP) is 1.21. The fourth-order valence-electron chi connectivity index (χ4n) is 2.62. The van der Waals surface area contributed by atoms with Crippen LogP contribution in [0.2, 0.25) is 0 Å². The predicted molar refractivity (Wildman–Crippen MR) is 73.0 cm³/mol. The van der Waals surface area contributed by atoms with Gasteiger partial charge in [-0.15, -0.1) is 0 Å². The Morgan fingerprint density at radius 3 is 3.11 bits per heavy atom. The van der Waals surface area contributed by atoms with Crippen molar-refractivity contribution >= 4 is 11.4 Å². The summed E-state index contributed by atoms with van der Waals surface area (Å²) in [4.78, 5) is 14.3. The maximum Gasteiger partial charge on any atom is 0.255 e. The third kappa shape index (κ3) is 2.21. The standard InChI is InChI=1S/C14H18N4O/c1-10-7-16-18-8-11(4-5-13(10)18)14(19)17-6-2-3-12(15)9-17/h4-5,7-8,12H,2-3,6,9,15H2,1H3. The van der Waals surface area contributed by atoms with Gasteiger partial charge >= 0.3 is 0 Å². The van der Waals surface area contributed by atoms with E-state index in [0.717, 1.165) is 30.5 Å². The Balaban J connectivity index is 1.88. The maximum absolute atomic E-state index is 12.4. The molecule has 2 aromatic rings. The molecule has 1 amide bonds. The number of rotatable bonds is 1. The van der Waals surface area contributed by atoms with Crippen LogP contribution in [-0.2, 0) is 0 Å². The lowest BCUT2D eigenvalue weighted by Crippen LogP contribution is -2.45. The van der Waals surface area contributed by atoms with Gasteiger partial charge in [0.1, 0.15) is 0 Å². The lowest BCUT2D eigenvalue weighted by atomic mass is 10.1. The van der Waals surface area contributed by atoms with E-state index in [2.05, 4.69) is 5.10 Å². The molecule has 19 heavy (non-hydrogen) atoms. The average Bonchev–Trinajstić information content (AvgIpc) is 2.79. The number of carbonyl (C=O) groups is 1. The van der Waals surface area contributed by atoms with Crippen LogP contribution in [0.4, 0.5) is 0 Å². The zero-order valence-electron chi connectivity index (χ0n) is 11.0. The highest BCUT2D eigenvalue weighted by molar-refractivity contribution is 5.94. The van der Waals surface area contributed by atoms with E-state index in [1.54, 1.807) is 16.9 Å². The summed E-state index contributed by atoms with van der Waals surface area (Å²) in [6, 6.07) is 3.92. The minimum Gasteiger partial charge on any atom is -0.337 e. The number of nitrogens with zero attached hydrogens (tertiary/aromatic N) is 3. The Morgan fingerprint density at radius 2 is 2.32 bits per heavy atom. The largest absolute Gasteiger partial charge is 0.337 e. The molecule has 0 saturated carbocycles. The summed E-state index contributed by atoms with van der Waals surface area (Å²) in [5.41, 5.74) is 8.74. The average molecular weight is 258 g/mol. The van der Waals surface area contributed by atoms with Gasteiger partial charge in [-0.05, 0) is 37.5 Å². The number of fused-ring (bicyclic) bond motifs is 1. The Kier molecular flexibility index (Phi) is 2.98. The second-order valence-electron chi connectivity index (χ2n) is 5.23. The fourth-order valence-corrected chi connectivity index (χ4v) is 2.62. The van der Waals surface area contributed by atoms with Gasteiger partial charge in [-0.1, -0.05) is 0 Å². The lowest BCUT2D eigenvalue weighted by Gasteiger charge is -2.30. The van der Waals surface area contributed by atoms with Crippen LogP contribution in [0, 0.1) is 6.92 Å². The van der Waals surface area contributed by atoms with E-state index in [9.17, 15) is 4.79 Å². The normalized spacial score (nSPS) is 19.9. The van der Waals surface area contributed by atoms with Crippen LogP contribution >= 0.6 is 0 Å². The van der Waals surface area contributed by atoms with Gasteiger partial charge in [0.15, 0.2) is 0 Å². The first kappa shape index (κ1) is 12.2. The molecule has 1 saturated heterocycles. The molecule has 3 rings (SSSR count). The molecule has 1 atom stereocenters. The third-order valence-electron chi connectivity index (χ3n) is 3.70. The molecular formula is C14H18N4O. The van der Waals surface area contributed by atoms with Crippen LogP contribution in [0.15, 0.2) is 24.5 Å². The maximum atomic E-state index is 12.4. The number of hydrogen-bond acceptors (Lipinski definition) is 3. The first-order valence-electron chi connectivity index (χ1n) is 6.64. The first-order valence-corrected chi connectivity index (χ1v) is 6.64. The Hall–Kier alpha value is -1.88. The van der Waals surface area contributed by atoms with E-state index in [0.29, 0.717) is 12.1 Å². The van der Waals surface area contributed by atoms with Gasteiger partial charge < -0.3 is 10.6 Å². The highest BCUT2D eigenvalue weighted by atomic mass is 16.2. The lowest BCUT2D eigenvalue weighted by molar-refractivity contribution is 0.0708. The second kappa shape index (κ2) is 4.66. The molecule has 5 nitrogen and oxygen atoms in total.